The van der Waals surface area contributed by atoms with Crippen molar-refractivity contribution in [1.82, 2.24) is 0 Å². The molecule has 10 heteroatoms. The predicted molar refractivity (Wildman–Crippen MR) is 133 cm³/mol. The van der Waals surface area contributed by atoms with Crippen LogP contribution in [0.4, 0.5) is 0 Å². The van der Waals surface area contributed by atoms with Gasteiger partial charge in [0.05, 0.1) is 14.2 Å². The Kier molecular flexibility index (Phi) is 6.93. The molecule has 0 aromatic carbocycles. The van der Waals surface area contributed by atoms with Crippen LogP contribution < -0.4 is 19.3 Å². The maximum atomic E-state index is 12.7. The summed E-state index contributed by atoms with van der Waals surface area (Å²) in [6, 6.07) is 0. The summed E-state index contributed by atoms with van der Waals surface area (Å²) < 4.78 is 12.8. The van der Waals surface area contributed by atoms with Crippen molar-refractivity contribution in [3.8, 4) is 0 Å². The molecule has 4 rings (SSSR count). The molecule has 0 saturated carbocycles. The minimum absolute atomic E-state index is 0.247. The molecule has 2 aromatic heterocycles. The molecule has 2 atom stereocenters. The fraction of sp³-hybridized carbons (Fsp3) is 0.379. The van der Waals surface area contributed by atoms with Crippen molar-refractivity contribution in [3.05, 3.63) is 70.3 Å². The normalized spacial score (nSPS) is 21.0. The van der Waals surface area contributed by atoms with Gasteiger partial charge in [-0.3, -0.25) is 0 Å². The van der Waals surface area contributed by atoms with Gasteiger partial charge < -0.3 is 29.3 Å². The summed E-state index contributed by atoms with van der Waals surface area (Å²) in [5.74, 6) is -3.78. The highest BCUT2D eigenvalue weighted by atomic mass is 16.5. The summed E-state index contributed by atoms with van der Waals surface area (Å²) in [5.41, 5.74) is 3.67. The lowest BCUT2D eigenvalue weighted by Gasteiger charge is -2.33. The first kappa shape index (κ1) is 27.7. The van der Waals surface area contributed by atoms with Crippen molar-refractivity contribution in [1.29, 1.82) is 0 Å². The van der Waals surface area contributed by atoms with Crippen molar-refractivity contribution >= 4 is 35.0 Å². The predicted octanol–water partition coefficient (Wildman–Crippen LogP) is -0.226. The second kappa shape index (κ2) is 9.76. The summed E-state index contributed by atoms with van der Waals surface area (Å²) in [7, 11) is 2.53. The number of ether oxygens (including phenoxy) is 2. The molecule has 0 spiro atoms. The number of pyridine rings is 2. The molecular formula is C29H30N2O8. The average molecular weight is 535 g/mol. The molecule has 0 aliphatic heterocycles. The number of aromatic nitrogens is 2. The van der Waals surface area contributed by atoms with Crippen molar-refractivity contribution in [2.45, 2.75) is 58.0 Å². The molecule has 0 radical (unpaired) electrons. The van der Waals surface area contributed by atoms with Crippen molar-refractivity contribution in [2.24, 2.45) is 0 Å². The highest BCUT2D eigenvalue weighted by Crippen LogP contribution is 2.52. The van der Waals surface area contributed by atoms with Crippen LogP contribution in [0.2, 0.25) is 0 Å². The van der Waals surface area contributed by atoms with Gasteiger partial charge in [-0.25, -0.2) is 9.59 Å². The number of aliphatic carboxylic acids is 2. The van der Waals surface area contributed by atoms with E-state index in [4.69, 9.17) is 9.47 Å². The lowest BCUT2D eigenvalue weighted by atomic mass is 9.69. The smallest absolute Gasteiger partial charge is 0.344 e. The molecule has 10 nitrogen and oxygen atoms in total. The van der Waals surface area contributed by atoms with E-state index >= 15 is 0 Å². The van der Waals surface area contributed by atoms with Crippen LogP contribution in [-0.2, 0) is 43.0 Å². The first-order chi connectivity index (χ1) is 18.2. The molecule has 0 bridgehead atoms. The summed E-state index contributed by atoms with van der Waals surface area (Å²) in [4.78, 5) is 48.2. The van der Waals surface area contributed by atoms with Gasteiger partial charge in [-0.2, -0.15) is 9.13 Å². The molecule has 204 valence electrons. The lowest BCUT2D eigenvalue weighted by Crippen LogP contribution is -2.46. The quantitative estimate of drug-likeness (QED) is 0.334. The van der Waals surface area contributed by atoms with E-state index in [1.54, 1.807) is 12.4 Å². The summed E-state index contributed by atoms with van der Waals surface area (Å²) in [6.45, 7) is 6.87. The van der Waals surface area contributed by atoms with Crippen LogP contribution in [0.1, 0.15) is 77.1 Å². The number of esters is 2. The Morgan fingerprint density at radius 1 is 0.718 bits per heavy atom. The molecule has 39 heavy (non-hydrogen) atoms. The molecule has 2 unspecified atom stereocenters. The van der Waals surface area contributed by atoms with E-state index in [2.05, 4.69) is 0 Å². The lowest BCUT2D eigenvalue weighted by molar-refractivity contribution is -0.691. The number of hydrogen-bond donors (Lipinski definition) is 0. The fourth-order valence-corrected chi connectivity index (χ4v) is 6.32. The minimum atomic E-state index is -1.30. The van der Waals surface area contributed by atoms with E-state index in [1.807, 2.05) is 39.8 Å². The molecule has 2 aromatic rings. The van der Waals surface area contributed by atoms with Gasteiger partial charge in [-0.15, -0.1) is 0 Å². The number of allylic oxidation sites excluding steroid dienone is 4. The van der Waals surface area contributed by atoms with Gasteiger partial charge in [0.15, 0.2) is 37.9 Å². The molecule has 0 fully saturated rings. The number of hydrogen-bond acceptors (Lipinski definition) is 8. The summed E-state index contributed by atoms with van der Waals surface area (Å²) in [5, 5.41) is 22.8. The van der Waals surface area contributed by atoms with E-state index in [0.717, 1.165) is 22.3 Å². The number of carboxylic acids is 2. The standard InChI is InChI=1S/C29H30N2O8/c1-16-7-28(3,20-11-30(13-22(32)33)9-18(24(16)20)26(36)38-5)15-29(4)8-17(2)25-19(27(37)39-6)10-31(12-21(25)29)14-23(34)35/h7-12H,13-15H2,1-6H3. The molecule has 2 heterocycles. The zero-order valence-electron chi connectivity index (χ0n) is 22.7. The number of carboxylic acid groups (broad SMARTS) is 2. The van der Waals surface area contributed by atoms with Gasteiger partial charge in [0.2, 0.25) is 0 Å². The first-order valence-corrected chi connectivity index (χ1v) is 12.3. The molecule has 2 aliphatic rings. The van der Waals surface area contributed by atoms with Crippen LogP contribution in [0.25, 0.3) is 11.1 Å². The second-order valence-electron chi connectivity index (χ2n) is 10.7. The van der Waals surface area contributed by atoms with Gasteiger partial charge in [-0.05, 0) is 31.4 Å². The third-order valence-electron chi connectivity index (χ3n) is 7.51. The summed E-state index contributed by atoms with van der Waals surface area (Å²) in [6.07, 6.45) is 10.9. The molecule has 0 saturated heterocycles. The third kappa shape index (κ3) is 4.82. The maximum absolute atomic E-state index is 12.7. The van der Waals surface area contributed by atoms with Gasteiger partial charge >= 0.3 is 11.9 Å². The van der Waals surface area contributed by atoms with E-state index in [9.17, 15) is 29.4 Å². The number of carbonyl (C=O) groups excluding carboxylic acids is 4. The number of methoxy groups -OCH3 is 2. The molecule has 0 N–H and O–H groups in total. The van der Waals surface area contributed by atoms with Crippen molar-refractivity contribution in [3.63, 3.8) is 0 Å². The van der Waals surface area contributed by atoms with Crippen LogP contribution in [0.3, 0.4) is 0 Å². The van der Waals surface area contributed by atoms with Crippen molar-refractivity contribution < 1.29 is 48.0 Å². The van der Waals surface area contributed by atoms with Crippen LogP contribution in [0, 0.1) is 0 Å². The Bertz CT molecular complexity index is 1390. The Labute approximate surface area is 225 Å². The van der Waals surface area contributed by atoms with E-state index in [-0.39, 0.29) is 11.1 Å². The topological polar surface area (TPSA) is 141 Å². The van der Waals surface area contributed by atoms with E-state index in [1.165, 1.54) is 35.7 Å². The van der Waals surface area contributed by atoms with Gasteiger partial charge in [0.1, 0.15) is 23.1 Å². The van der Waals surface area contributed by atoms with Crippen LogP contribution in [0.15, 0.2) is 36.9 Å². The Hall–Kier alpha value is -4.34. The third-order valence-corrected chi connectivity index (χ3v) is 7.51. The molecule has 0 amide bonds. The highest BCUT2D eigenvalue weighted by molar-refractivity contribution is 5.98. The number of carbonyl (C=O) groups is 4. The molecular weight excluding hydrogens is 504 g/mol. The fourth-order valence-electron chi connectivity index (χ4n) is 6.32. The number of rotatable bonds is 8. The highest BCUT2D eigenvalue weighted by Gasteiger charge is 2.47. The van der Waals surface area contributed by atoms with Gasteiger partial charge in [0.25, 0.3) is 0 Å². The average Bonchev–Trinajstić information content (AvgIpc) is 3.24. The van der Waals surface area contributed by atoms with Crippen molar-refractivity contribution in [2.75, 3.05) is 14.2 Å². The first-order valence-electron chi connectivity index (χ1n) is 12.3. The van der Waals surface area contributed by atoms with E-state index < -0.39 is 47.8 Å². The Morgan fingerprint density at radius 3 is 1.38 bits per heavy atom. The van der Waals surface area contributed by atoms with Gasteiger partial charge in [0, 0.05) is 33.1 Å². The van der Waals surface area contributed by atoms with Gasteiger partial charge in [-0.1, -0.05) is 26.0 Å². The second-order valence-corrected chi connectivity index (χ2v) is 10.7. The maximum Gasteiger partial charge on any atom is 0.344 e. The Balaban J connectivity index is 1.90. The zero-order valence-corrected chi connectivity index (χ0v) is 22.7. The van der Waals surface area contributed by atoms with Crippen LogP contribution in [-0.4, -0.2) is 38.1 Å². The number of nitrogens with zero attached hydrogens (tertiary/aromatic N) is 2. The SMILES string of the molecule is COC(=O)c1c[n+](CC(=O)[O-])cc2c1C(C)=CC2(C)CC1(C)C=C(C)c2c(C(=O)OC)c[n+](CC(=O)[O-])cc21. The number of fused-ring (bicyclic) bond motifs is 2. The van der Waals surface area contributed by atoms with E-state index in [0.29, 0.717) is 17.5 Å². The Morgan fingerprint density at radius 2 is 1.08 bits per heavy atom. The van der Waals surface area contributed by atoms with Crippen LogP contribution >= 0.6 is 0 Å². The summed E-state index contributed by atoms with van der Waals surface area (Å²) >= 11 is 0. The van der Waals surface area contributed by atoms with Crippen LogP contribution in [0.5, 0.6) is 0 Å². The zero-order chi connectivity index (χ0) is 28.9. The largest absolute Gasteiger partial charge is 0.544 e. The minimum Gasteiger partial charge on any atom is -0.544 e. The molecule has 2 aliphatic carbocycles. The monoisotopic (exact) mass is 534 g/mol.